The topological polar surface area (TPSA) is 138 Å². The van der Waals surface area contributed by atoms with Gasteiger partial charge in [-0.05, 0) is 110 Å². The minimum absolute atomic E-state index is 0.0405. The molecular formula is C36H47N7O2. The first kappa shape index (κ1) is 30.9. The van der Waals surface area contributed by atoms with Crippen molar-refractivity contribution in [1.82, 2.24) is 10.6 Å². The van der Waals surface area contributed by atoms with E-state index in [-0.39, 0.29) is 41.4 Å². The number of amides is 2. The third-order valence-corrected chi connectivity index (χ3v) is 9.61. The maximum Gasteiger partial charge on any atom is 0.241 e. The van der Waals surface area contributed by atoms with E-state index in [1.165, 1.54) is 5.56 Å². The number of carbonyl (C=O) groups excluding carboxylic acids is 2. The summed E-state index contributed by atoms with van der Waals surface area (Å²) < 4.78 is 0. The zero-order chi connectivity index (χ0) is 31.7. The molecule has 0 bridgehead atoms. The molecule has 238 valence electrons. The molecule has 3 aromatic rings. The zero-order valence-electron chi connectivity index (χ0n) is 26.7. The SMILES string of the molecule is CC(C)(C)c1ccc(N2C(c3ccc(N)c(NC(=O)[C@@H]4CCCN4)c3)CCC2c2ccc(N)c(NC(=O)[C@@H]3CCCN3)c2)cc1. The Morgan fingerprint density at radius 3 is 1.58 bits per heavy atom. The largest absolute Gasteiger partial charge is 0.397 e. The Bertz CT molecular complexity index is 1450. The first-order valence-corrected chi connectivity index (χ1v) is 16.3. The fourth-order valence-corrected chi connectivity index (χ4v) is 6.99. The van der Waals surface area contributed by atoms with Gasteiger partial charge in [0.1, 0.15) is 0 Å². The summed E-state index contributed by atoms with van der Waals surface area (Å²) in [6.07, 6.45) is 5.46. The van der Waals surface area contributed by atoms with E-state index in [0.717, 1.165) is 68.4 Å². The summed E-state index contributed by atoms with van der Waals surface area (Å²) in [5.41, 5.74) is 19.8. The summed E-state index contributed by atoms with van der Waals surface area (Å²) in [5.74, 6) is -0.0842. The van der Waals surface area contributed by atoms with E-state index in [4.69, 9.17) is 11.5 Å². The van der Waals surface area contributed by atoms with E-state index in [1.807, 2.05) is 24.3 Å². The molecule has 2 amide bonds. The highest BCUT2D eigenvalue weighted by atomic mass is 16.2. The maximum absolute atomic E-state index is 13.0. The van der Waals surface area contributed by atoms with Crippen LogP contribution in [0.5, 0.6) is 0 Å². The highest BCUT2D eigenvalue weighted by Gasteiger charge is 2.36. The number of benzene rings is 3. The van der Waals surface area contributed by atoms with Crippen molar-refractivity contribution >= 4 is 40.3 Å². The van der Waals surface area contributed by atoms with Gasteiger partial charge in [-0.15, -0.1) is 0 Å². The second-order valence-corrected chi connectivity index (χ2v) is 13.8. The molecular weight excluding hydrogens is 562 g/mol. The van der Waals surface area contributed by atoms with Gasteiger partial charge in [-0.3, -0.25) is 9.59 Å². The predicted molar refractivity (Wildman–Crippen MR) is 183 cm³/mol. The first-order chi connectivity index (χ1) is 21.6. The molecule has 3 aromatic carbocycles. The molecule has 45 heavy (non-hydrogen) atoms. The molecule has 0 saturated carbocycles. The summed E-state index contributed by atoms with van der Waals surface area (Å²) in [6.45, 7) is 8.38. The van der Waals surface area contributed by atoms with E-state index >= 15 is 0 Å². The van der Waals surface area contributed by atoms with Crippen molar-refractivity contribution in [1.29, 1.82) is 0 Å². The molecule has 6 rings (SSSR count). The van der Waals surface area contributed by atoms with Gasteiger partial charge in [-0.25, -0.2) is 0 Å². The Balaban J connectivity index is 1.33. The Kier molecular flexibility index (Phi) is 8.75. The summed E-state index contributed by atoms with van der Waals surface area (Å²) >= 11 is 0. The minimum atomic E-state index is -0.189. The van der Waals surface area contributed by atoms with Crippen LogP contribution in [-0.2, 0) is 15.0 Å². The Morgan fingerprint density at radius 2 is 1.18 bits per heavy atom. The van der Waals surface area contributed by atoms with Crippen molar-refractivity contribution in [3.05, 3.63) is 77.4 Å². The molecule has 0 radical (unpaired) electrons. The van der Waals surface area contributed by atoms with E-state index < -0.39 is 0 Å². The Hall–Kier alpha value is -4.08. The van der Waals surface area contributed by atoms with Crippen LogP contribution < -0.4 is 37.6 Å². The Labute approximate surface area is 266 Å². The molecule has 0 aliphatic carbocycles. The normalized spacial score (nSPS) is 23.3. The van der Waals surface area contributed by atoms with Gasteiger partial charge in [-0.2, -0.15) is 0 Å². The smallest absolute Gasteiger partial charge is 0.241 e. The van der Waals surface area contributed by atoms with Gasteiger partial charge in [0.15, 0.2) is 0 Å². The Morgan fingerprint density at radius 1 is 0.711 bits per heavy atom. The number of nitrogens with one attached hydrogen (secondary N) is 4. The van der Waals surface area contributed by atoms with Crippen molar-refractivity contribution in [2.24, 2.45) is 0 Å². The molecule has 3 aliphatic heterocycles. The van der Waals surface area contributed by atoms with Gasteiger partial charge in [-0.1, -0.05) is 45.0 Å². The molecule has 3 heterocycles. The average Bonchev–Trinajstić information content (AvgIpc) is 3.82. The molecule has 2 unspecified atom stereocenters. The lowest BCUT2D eigenvalue weighted by atomic mass is 9.87. The van der Waals surface area contributed by atoms with Crippen molar-refractivity contribution in [3.8, 4) is 0 Å². The summed E-state index contributed by atoms with van der Waals surface area (Å²) in [4.78, 5) is 28.4. The van der Waals surface area contributed by atoms with Gasteiger partial charge in [0, 0.05) is 5.69 Å². The van der Waals surface area contributed by atoms with Crippen molar-refractivity contribution in [2.75, 3.05) is 40.1 Å². The third-order valence-electron chi connectivity index (χ3n) is 9.61. The van der Waals surface area contributed by atoms with Crippen LogP contribution in [0.2, 0.25) is 0 Å². The first-order valence-electron chi connectivity index (χ1n) is 16.3. The summed E-state index contributed by atoms with van der Waals surface area (Å²) in [6, 6.07) is 20.6. The number of nitrogen functional groups attached to an aromatic ring is 2. The van der Waals surface area contributed by atoms with Crippen molar-refractivity contribution in [3.63, 3.8) is 0 Å². The van der Waals surface area contributed by atoms with Crippen LogP contribution in [0.25, 0.3) is 0 Å². The van der Waals surface area contributed by atoms with E-state index in [2.05, 4.69) is 83.3 Å². The molecule has 4 atom stereocenters. The zero-order valence-corrected chi connectivity index (χ0v) is 26.7. The van der Waals surface area contributed by atoms with Crippen LogP contribution >= 0.6 is 0 Å². The molecule has 3 saturated heterocycles. The van der Waals surface area contributed by atoms with Crippen molar-refractivity contribution in [2.45, 2.75) is 88.9 Å². The van der Waals surface area contributed by atoms with E-state index in [0.29, 0.717) is 22.7 Å². The van der Waals surface area contributed by atoms with Gasteiger partial charge < -0.3 is 37.6 Å². The number of nitrogens with zero attached hydrogens (tertiary/aromatic N) is 1. The van der Waals surface area contributed by atoms with Crippen LogP contribution in [0.15, 0.2) is 60.7 Å². The third kappa shape index (κ3) is 6.65. The fraction of sp³-hybridized carbons (Fsp3) is 0.444. The van der Waals surface area contributed by atoms with Crippen LogP contribution in [0.3, 0.4) is 0 Å². The summed E-state index contributed by atoms with van der Waals surface area (Å²) in [7, 11) is 0. The number of nitrogens with two attached hydrogens (primary N) is 2. The van der Waals surface area contributed by atoms with E-state index in [1.54, 1.807) is 0 Å². The second-order valence-electron chi connectivity index (χ2n) is 13.8. The van der Waals surface area contributed by atoms with Crippen molar-refractivity contribution < 1.29 is 9.59 Å². The second kappa shape index (κ2) is 12.7. The lowest BCUT2D eigenvalue weighted by Gasteiger charge is -2.34. The maximum atomic E-state index is 13.0. The molecule has 3 aliphatic rings. The average molecular weight is 610 g/mol. The molecule has 9 heteroatoms. The number of hydrogen-bond donors (Lipinski definition) is 6. The van der Waals surface area contributed by atoms with Crippen LogP contribution in [0.1, 0.15) is 88.1 Å². The highest BCUT2D eigenvalue weighted by Crippen LogP contribution is 2.48. The fourth-order valence-electron chi connectivity index (χ4n) is 6.99. The lowest BCUT2D eigenvalue weighted by molar-refractivity contribution is -0.118. The van der Waals surface area contributed by atoms with Crippen LogP contribution in [-0.4, -0.2) is 37.0 Å². The van der Waals surface area contributed by atoms with Crippen LogP contribution in [0, 0.1) is 0 Å². The van der Waals surface area contributed by atoms with Crippen LogP contribution in [0.4, 0.5) is 28.4 Å². The van der Waals surface area contributed by atoms with Gasteiger partial charge >= 0.3 is 0 Å². The standard InChI is InChI=1S/C36H47N7O2/c1-36(2,3)24-10-12-25(13-11-24)43-32(22-8-14-26(37)30(20-22)41-34(44)28-6-4-18-39-28)16-17-33(43)23-9-15-27(38)31(21-23)42-35(45)29-7-5-19-40-29/h8-15,20-21,28-29,32-33,39-40H,4-7,16-19,37-38H2,1-3H3,(H,41,44)(H,42,45)/t28-,29-,32?,33?/m0/s1. The van der Waals surface area contributed by atoms with Gasteiger partial charge in [0.05, 0.1) is 46.9 Å². The number of carbonyl (C=O) groups is 2. The molecule has 0 aromatic heterocycles. The molecule has 3 fully saturated rings. The predicted octanol–water partition coefficient (Wildman–Crippen LogP) is 5.61. The number of rotatable bonds is 7. The number of anilines is 5. The molecule has 0 spiro atoms. The molecule has 8 N–H and O–H groups in total. The monoisotopic (exact) mass is 609 g/mol. The van der Waals surface area contributed by atoms with E-state index in [9.17, 15) is 9.59 Å². The minimum Gasteiger partial charge on any atom is -0.397 e. The van der Waals surface area contributed by atoms with Gasteiger partial charge in [0.2, 0.25) is 11.8 Å². The highest BCUT2D eigenvalue weighted by molar-refractivity contribution is 5.98. The quantitative estimate of drug-likeness (QED) is 0.192. The lowest BCUT2D eigenvalue weighted by Crippen LogP contribution is -2.35. The molecule has 9 nitrogen and oxygen atoms in total. The van der Waals surface area contributed by atoms with Gasteiger partial charge in [0.25, 0.3) is 0 Å². The number of hydrogen-bond acceptors (Lipinski definition) is 7. The summed E-state index contributed by atoms with van der Waals surface area (Å²) in [5, 5.41) is 12.7.